The van der Waals surface area contributed by atoms with Crippen LogP contribution in [0.25, 0.3) is 22.5 Å². The molecule has 0 aliphatic carbocycles. The predicted molar refractivity (Wildman–Crippen MR) is 101 cm³/mol. The summed E-state index contributed by atoms with van der Waals surface area (Å²) in [6.07, 6.45) is 4.59. The van der Waals surface area contributed by atoms with Gasteiger partial charge in [-0.3, -0.25) is 0 Å². The van der Waals surface area contributed by atoms with E-state index in [1.54, 1.807) is 0 Å². The molecule has 0 saturated heterocycles. The monoisotopic (exact) mass is 316 g/mol. The highest BCUT2D eigenvalue weighted by Gasteiger charge is 2.04. The minimum Gasteiger partial charge on any atom is -0.150 e. The van der Waals surface area contributed by atoms with Gasteiger partial charge >= 0.3 is 0 Å². The van der Waals surface area contributed by atoms with Crippen LogP contribution in [-0.4, -0.2) is 10.2 Å². The topological polar surface area (TPSA) is 25.8 Å². The van der Waals surface area contributed by atoms with E-state index in [9.17, 15) is 0 Å². The molecular weight excluding hydrogens is 292 g/mol. The van der Waals surface area contributed by atoms with Gasteiger partial charge in [0.15, 0.2) is 0 Å². The Hall–Kier alpha value is -2.48. The fourth-order valence-corrected chi connectivity index (χ4v) is 2.90. The van der Waals surface area contributed by atoms with E-state index in [4.69, 9.17) is 0 Å². The second-order valence-corrected chi connectivity index (χ2v) is 6.20. The molecule has 0 atom stereocenters. The van der Waals surface area contributed by atoms with Crippen LogP contribution in [0.1, 0.15) is 37.8 Å². The average Bonchev–Trinajstić information content (AvgIpc) is 2.64. The van der Waals surface area contributed by atoms with E-state index in [0.29, 0.717) is 0 Å². The highest BCUT2D eigenvalue weighted by molar-refractivity contribution is 5.64. The zero-order valence-electron chi connectivity index (χ0n) is 14.5. The van der Waals surface area contributed by atoms with Crippen molar-refractivity contribution in [3.63, 3.8) is 0 Å². The van der Waals surface area contributed by atoms with Crippen LogP contribution >= 0.6 is 0 Å². The molecule has 3 aromatic rings. The second kappa shape index (κ2) is 7.87. The van der Waals surface area contributed by atoms with Crippen molar-refractivity contribution in [1.82, 2.24) is 10.2 Å². The third kappa shape index (κ3) is 3.88. The molecule has 2 aromatic carbocycles. The van der Waals surface area contributed by atoms with Gasteiger partial charge in [-0.05, 0) is 36.1 Å². The molecule has 0 aliphatic rings. The molecule has 0 aliphatic heterocycles. The quantitative estimate of drug-likeness (QED) is 0.581. The predicted octanol–water partition coefficient (Wildman–Crippen LogP) is 5.72. The first-order valence-corrected chi connectivity index (χ1v) is 8.82. The van der Waals surface area contributed by atoms with Gasteiger partial charge in [0.25, 0.3) is 0 Å². The summed E-state index contributed by atoms with van der Waals surface area (Å²) in [5, 5.41) is 8.82. The lowest BCUT2D eigenvalue weighted by atomic mass is 10.0. The molecule has 2 heteroatoms. The molecule has 0 fully saturated rings. The van der Waals surface area contributed by atoms with E-state index in [0.717, 1.165) is 35.4 Å². The van der Waals surface area contributed by atoms with Gasteiger partial charge < -0.3 is 0 Å². The van der Waals surface area contributed by atoms with Crippen molar-refractivity contribution in [3.05, 3.63) is 71.8 Å². The third-order valence-corrected chi connectivity index (χ3v) is 4.24. The molecule has 122 valence electrons. The van der Waals surface area contributed by atoms with Crippen molar-refractivity contribution in [1.29, 1.82) is 0 Å². The van der Waals surface area contributed by atoms with Crippen LogP contribution in [0.5, 0.6) is 0 Å². The van der Waals surface area contributed by atoms with Gasteiger partial charge in [0.05, 0.1) is 11.4 Å². The van der Waals surface area contributed by atoms with Crippen LogP contribution in [0.15, 0.2) is 60.7 Å². The Balaban J connectivity index is 1.77. The first-order chi connectivity index (χ1) is 11.8. The maximum absolute atomic E-state index is 4.41. The van der Waals surface area contributed by atoms with Crippen molar-refractivity contribution >= 4 is 0 Å². The summed E-state index contributed by atoms with van der Waals surface area (Å²) < 4.78 is 0. The van der Waals surface area contributed by atoms with Crippen molar-refractivity contribution in [3.8, 4) is 22.5 Å². The summed E-state index contributed by atoms with van der Waals surface area (Å²) in [5.41, 5.74) is 6.82. The zero-order chi connectivity index (χ0) is 16.8. The first-order valence-electron chi connectivity index (χ1n) is 8.82. The maximum atomic E-state index is 4.41. The molecular formula is C22H24N2. The van der Waals surface area contributed by atoms with Crippen LogP contribution in [0.3, 0.4) is 0 Å². The molecule has 0 saturated carbocycles. The van der Waals surface area contributed by atoms with Gasteiger partial charge in [-0.1, -0.05) is 75.2 Å². The van der Waals surface area contributed by atoms with E-state index >= 15 is 0 Å². The molecule has 0 bridgehead atoms. The van der Waals surface area contributed by atoms with E-state index in [-0.39, 0.29) is 0 Å². The van der Waals surface area contributed by atoms with Crippen molar-refractivity contribution in [2.24, 2.45) is 0 Å². The lowest BCUT2D eigenvalue weighted by molar-refractivity contribution is 0.921. The number of rotatable bonds is 6. The van der Waals surface area contributed by atoms with Crippen LogP contribution in [0.4, 0.5) is 0 Å². The summed E-state index contributed by atoms with van der Waals surface area (Å²) in [6, 6.07) is 21.4. The van der Waals surface area contributed by atoms with Crippen molar-refractivity contribution in [2.45, 2.75) is 39.5 Å². The van der Waals surface area contributed by atoms with Crippen LogP contribution in [-0.2, 0) is 12.8 Å². The maximum Gasteiger partial charge on any atom is 0.0930 e. The number of hydrogen-bond donors (Lipinski definition) is 0. The normalized spacial score (nSPS) is 10.8. The molecule has 0 unspecified atom stereocenters. The van der Waals surface area contributed by atoms with Crippen LogP contribution < -0.4 is 0 Å². The number of aromatic nitrogens is 2. The van der Waals surface area contributed by atoms with Gasteiger partial charge in [-0.15, -0.1) is 10.2 Å². The van der Waals surface area contributed by atoms with Crippen molar-refractivity contribution in [2.75, 3.05) is 0 Å². The number of benzene rings is 2. The fourth-order valence-electron chi connectivity index (χ4n) is 2.90. The van der Waals surface area contributed by atoms with E-state index in [1.807, 2.05) is 0 Å². The lowest BCUT2D eigenvalue weighted by Gasteiger charge is -2.05. The Morgan fingerprint density at radius 2 is 0.917 bits per heavy atom. The van der Waals surface area contributed by atoms with Gasteiger partial charge in [-0.2, -0.15) is 0 Å². The standard InChI is InChI=1S/C22H24N2/c1-3-5-17-7-11-19(12-8-17)21-15-16-22(24-23-21)20-13-9-18(6-4-2)10-14-20/h7-16H,3-6H2,1-2H3. The molecule has 0 N–H and O–H groups in total. The van der Waals surface area contributed by atoms with Gasteiger partial charge in [0, 0.05) is 11.1 Å². The highest BCUT2D eigenvalue weighted by atomic mass is 15.1. The number of hydrogen-bond acceptors (Lipinski definition) is 2. The summed E-state index contributed by atoms with van der Waals surface area (Å²) in [4.78, 5) is 0. The number of nitrogens with zero attached hydrogens (tertiary/aromatic N) is 2. The summed E-state index contributed by atoms with van der Waals surface area (Å²) >= 11 is 0. The SMILES string of the molecule is CCCc1ccc(-c2ccc(-c3ccc(CCC)cc3)nn2)cc1. The first kappa shape index (κ1) is 16.4. The summed E-state index contributed by atoms with van der Waals surface area (Å²) in [7, 11) is 0. The third-order valence-electron chi connectivity index (χ3n) is 4.24. The zero-order valence-corrected chi connectivity index (χ0v) is 14.5. The molecule has 3 rings (SSSR count). The number of aryl methyl sites for hydroxylation is 2. The molecule has 1 heterocycles. The molecule has 2 nitrogen and oxygen atoms in total. The molecule has 0 amide bonds. The fraction of sp³-hybridized carbons (Fsp3) is 0.273. The smallest absolute Gasteiger partial charge is 0.0930 e. The summed E-state index contributed by atoms with van der Waals surface area (Å²) in [6.45, 7) is 4.40. The van der Waals surface area contributed by atoms with Crippen molar-refractivity contribution < 1.29 is 0 Å². The minimum absolute atomic E-state index is 0.921. The molecule has 0 radical (unpaired) electrons. The Bertz CT molecular complexity index is 688. The summed E-state index contributed by atoms with van der Waals surface area (Å²) in [5.74, 6) is 0. The van der Waals surface area contributed by atoms with Crippen LogP contribution in [0.2, 0.25) is 0 Å². The van der Waals surface area contributed by atoms with E-state index in [1.165, 1.54) is 24.0 Å². The lowest BCUT2D eigenvalue weighted by Crippen LogP contribution is -1.92. The second-order valence-electron chi connectivity index (χ2n) is 6.20. The van der Waals surface area contributed by atoms with Crippen LogP contribution in [0, 0.1) is 0 Å². The minimum atomic E-state index is 0.921. The Kier molecular flexibility index (Phi) is 5.37. The average molecular weight is 316 g/mol. The van der Waals surface area contributed by atoms with E-state index < -0.39 is 0 Å². The largest absolute Gasteiger partial charge is 0.150 e. The van der Waals surface area contributed by atoms with Gasteiger partial charge in [0.1, 0.15) is 0 Å². The van der Waals surface area contributed by atoms with Gasteiger partial charge in [-0.25, -0.2) is 0 Å². The van der Waals surface area contributed by atoms with E-state index in [2.05, 4.69) is 84.7 Å². The Labute approximate surface area is 144 Å². The Morgan fingerprint density at radius 3 is 1.21 bits per heavy atom. The molecule has 24 heavy (non-hydrogen) atoms. The van der Waals surface area contributed by atoms with Gasteiger partial charge in [0.2, 0.25) is 0 Å². The highest BCUT2D eigenvalue weighted by Crippen LogP contribution is 2.22. The molecule has 1 aromatic heterocycles. The Morgan fingerprint density at radius 1 is 0.542 bits per heavy atom. The molecule has 0 spiro atoms.